The zero-order valence-electron chi connectivity index (χ0n) is 10.6. The van der Waals surface area contributed by atoms with Crippen LogP contribution in [0.25, 0.3) is 0 Å². The van der Waals surface area contributed by atoms with E-state index in [1.165, 1.54) is 7.11 Å². The third-order valence-electron chi connectivity index (χ3n) is 2.30. The Morgan fingerprint density at radius 3 is 2.74 bits per heavy atom. The van der Waals surface area contributed by atoms with Crippen LogP contribution in [0.3, 0.4) is 0 Å². The average molecular weight is 286 g/mol. The van der Waals surface area contributed by atoms with Gasteiger partial charge in [-0.3, -0.25) is 9.59 Å². The molecule has 0 saturated heterocycles. The van der Waals surface area contributed by atoms with Gasteiger partial charge in [0.25, 0.3) is 0 Å². The number of methoxy groups -OCH3 is 1. The highest BCUT2D eigenvalue weighted by atomic mass is 35.5. The Hall–Kier alpha value is -1.75. The standard InChI is InChI=1S/C13H16ClNO4/c1-18-13(17)9-15-12(16)7-4-8-19-11-6-3-2-5-10(11)14/h2-3,5-6H,4,7-9H2,1H3,(H,15,16). The highest BCUT2D eigenvalue weighted by molar-refractivity contribution is 6.32. The van der Waals surface area contributed by atoms with E-state index in [2.05, 4.69) is 10.1 Å². The quantitative estimate of drug-likeness (QED) is 0.613. The molecule has 0 unspecified atom stereocenters. The van der Waals surface area contributed by atoms with Crippen LogP contribution in [0.1, 0.15) is 12.8 Å². The molecule has 0 atom stereocenters. The number of rotatable bonds is 7. The lowest BCUT2D eigenvalue weighted by Gasteiger charge is -2.07. The predicted octanol–water partition coefficient (Wildman–Crippen LogP) is 1.79. The topological polar surface area (TPSA) is 64.6 Å². The van der Waals surface area contributed by atoms with Crippen molar-refractivity contribution in [3.05, 3.63) is 29.3 Å². The first-order valence-corrected chi connectivity index (χ1v) is 6.22. The zero-order chi connectivity index (χ0) is 14.1. The van der Waals surface area contributed by atoms with Gasteiger partial charge < -0.3 is 14.8 Å². The molecular formula is C13H16ClNO4. The van der Waals surface area contributed by atoms with Crippen molar-refractivity contribution in [1.29, 1.82) is 0 Å². The van der Waals surface area contributed by atoms with E-state index in [9.17, 15) is 9.59 Å². The molecule has 0 aliphatic rings. The maximum absolute atomic E-state index is 11.3. The van der Waals surface area contributed by atoms with Gasteiger partial charge in [0.2, 0.25) is 5.91 Å². The van der Waals surface area contributed by atoms with Crippen molar-refractivity contribution in [2.75, 3.05) is 20.3 Å². The number of amides is 1. The van der Waals surface area contributed by atoms with Gasteiger partial charge in [-0.05, 0) is 18.6 Å². The summed E-state index contributed by atoms with van der Waals surface area (Å²) in [5.41, 5.74) is 0. The lowest BCUT2D eigenvalue weighted by molar-refractivity contribution is -0.141. The van der Waals surface area contributed by atoms with Gasteiger partial charge in [-0.15, -0.1) is 0 Å². The molecule has 19 heavy (non-hydrogen) atoms. The van der Waals surface area contributed by atoms with Crippen molar-refractivity contribution in [3.63, 3.8) is 0 Å². The molecule has 1 aromatic rings. The molecule has 1 amide bonds. The number of halogens is 1. The first-order valence-electron chi connectivity index (χ1n) is 5.84. The van der Waals surface area contributed by atoms with Crippen LogP contribution >= 0.6 is 11.6 Å². The molecule has 0 saturated carbocycles. The number of carbonyl (C=O) groups excluding carboxylic acids is 2. The minimum Gasteiger partial charge on any atom is -0.492 e. The lowest BCUT2D eigenvalue weighted by Crippen LogP contribution is -2.30. The summed E-state index contributed by atoms with van der Waals surface area (Å²) in [6.45, 7) is 0.274. The molecule has 6 heteroatoms. The van der Waals surface area contributed by atoms with Crippen LogP contribution in [0, 0.1) is 0 Å². The van der Waals surface area contributed by atoms with Crippen LogP contribution in [0.2, 0.25) is 5.02 Å². The summed E-state index contributed by atoms with van der Waals surface area (Å²) in [6, 6.07) is 7.14. The van der Waals surface area contributed by atoms with Crippen LogP contribution in [0.4, 0.5) is 0 Å². The molecule has 0 aliphatic carbocycles. The Morgan fingerprint density at radius 1 is 1.32 bits per heavy atom. The SMILES string of the molecule is COC(=O)CNC(=O)CCCOc1ccccc1Cl. The molecule has 0 bridgehead atoms. The Balaban J connectivity index is 2.15. The second-order valence-electron chi connectivity index (χ2n) is 3.74. The van der Waals surface area contributed by atoms with Crippen LogP contribution < -0.4 is 10.1 Å². The van der Waals surface area contributed by atoms with Gasteiger partial charge >= 0.3 is 5.97 Å². The summed E-state index contributed by atoms with van der Waals surface area (Å²) < 4.78 is 9.83. The summed E-state index contributed by atoms with van der Waals surface area (Å²) >= 11 is 5.91. The van der Waals surface area contributed by atoms with Crippen molar-refractivity contribution in [3.8, 4) is 5.75 Å². The minimum atomic E-state index is -0.472. The number of benzene rings is 1. The Labute approximate surface area is 116 Å². The number of nitrogens with one attached hydrogen (secondary N) is 1. The van der Waals surface area contributed by atoms with Gasteiger partial charge in [-0.1, -0.05) is 23.7 Å². The minimum absolute atomic E-state index is 0.110. The maximum atomic E-state index is 11.3. The second-order valence-corrected chi connectivity index (χ2v) is 4.14. The van der Waals surface area contributed by atoms with Gasteiger partial charge in [0.05, 0.1) is 18.7 Å². The fraction of sp³-hybridized carbons (Fsp3) is 0.385. The molecule has 1 aromatic carbocycles. The molecule has 0 radical (unpaired) electrons. The Bertz CT molecular complexity index is 436. The van der Waals surface area contributed by atoms with E-state index in [1.54, 1.807) is 12.1 Å². The fourth-order valence-electron chi connectivity index (χ4n) is 1.31. The predicted molar refractivity (Wildman–Crippen MR) is 71.2 cm³/mol. The molecule has 1 N–H and O–H groups in total. The zero-order valence-corrected chi connectivity index (χ0v) is 11.4. The summed E-state index contributed by atoms with van der Waals surface area (Å²) in [4.78, 5) is 22.1. The molecule has 104 valence electrons. The molecule has 0 fully saturated rings. The van der Waals surface area contributed by atoms with E-state index >= 15 is 0 Å². The number of hydrogen-bond acceptors (Lipinski definition) is 4. The molecule has 5 nitrogen and oxygen atoms in total. The summed E-state index contributed by atoms with van der Waals surface area (Å²) in [5, 5.41) is 2.99. The smallest absolute Gasteiger partial charge is 0.325 e. The number of esters is 1. The van der Waals surface area contributed by atoms with Crippen molar-refractivity contribution in [2.24, 2.45) is 0 Å². The third-order valence-corrected chi connectivity index (χ3v) is 2.61. The van der Waals surface area contributed by atoms with Gasteiger partial charge in [0.1, 0.15) is 12.3 Å². The van der Waals surface area contributed by atoms with Crippen molar-refractivity contribution in [2.45, 2.75) is 12.8 Å². The van der Waals surface area contributed by atoms with Crippen molar-refractivity contribution >= 4 is 23.5 Å². The number of hydrogen-bond donors (Lipinski definition) is 1. The number of carbonyl (C=O) groups is 2. The molecule has 0 heterocycles. The Morgan fingerprint density at radius 2 is 2.05 bits per heavy atom. The van der Waals surface area contributed by atoms with Crippen LogP contribution in [-0.4, -0.2) is 32.1 Å². The van der Waals surface area contributed by atoms with Crippen LogP contribution in [0.5, 0.6) is 5.75 Å². The normalized spacial score (nSPS) is 9.79. The summed E-state index contributed by atoms with van der Waals surface area (Å²) in [5.74, 6) is -0.0899. The van der Waals surface area contributed by atoms with E-state index in [1.807, 2.05) is 12.1 Å². The number of ether oxygens (including phenoxy) is 2. The van der Waals surface area contributed by atoms with E-state index in [0.717, 1.165) is 0 Å². The van der Waals surface area contributed by atoms with Crippen LogP contribution in [-0.2, 0) is 14.3 Å². The van der Waals surface area contributed by atoms with E-state index in [-0.39, 0.29) is 18.9 Å². The van der Waals surface area contributed by atoms with E-state index in [4.69, 9.17) is 16.3 Å². The molecule has 0 aromatic heterocycles. The van der Waals surface area contributed by atoms with Gasteiger partial charge in [0, 0.05) is 6.42 Å². The molecule has 0 aliphatic heterocycles. The summed E-state index contributed by atoms with van der Waals surface area (Å²) in [6.07, 6.45) is 0.819. The Kier molecular flexibility index (Phi) is 6.74. The maximum Gasteiger partial charge on any atom is 0.325 e. The van der Waals surface area contributed by atoms with Crippen molar-refractivity contribution in [1.82, 2.24) is 5.32 Å². The first kappa shape index (κ1) is 15.3. The van der Waals surface area contributed by atoms with E-state index in [0.29, 0.717) is 23.8 Å². The molecular weight excluding hydrogens is 270 g/mol. The fourth-order valence-corrected chi connectivity index (χ4v) is 1.50. The monoisotopic (exact) mass is 285 g/mol. The third kappa shape index (κ3) is 6.10. The highest BCUT2D eigenvalue weighted by Gasteiger charge is 2.05. The molecule has 0 spiro atoms. The van der Waals surface area contributed by atoms with Gasteiger partial charge in [0.15, 0.2) is 0 Å². The van der Waals surface area contributed by atoms with E-state index < -0.39 is 5.97 Å². The van der Waals surface area contributed by atoms with Crippen LogP contribution in [0.15, 0.2) is 24.3 Å². The largest absolute Gasteiger partial charge is 0.492 e. The second kappa shape index (κ2) is 8.37. The summed E-state index contributed by atoms with van der Waals surface area (Å²) in [7, 11) is 1.27. The highest BCUT2D eigenvalue weighted by Crippen LogP contribution is 2.23. The first-order chi connectivity index (χ1) is 9.13. The van der Waals surface area contributed by atoms with Gasteiger partial charge in [-0.25, -0.2) is 0 Å². The lowest BCUT2D eigenvalue weighted by atomic mass is 10.3. The van der Waals surface area contributed by atoms with Gasteiger partial charge in [-0.2, -0.15) is 0 Å². The number of para-hydroxylation sites is 1. The van der Waals surface area contributed by atoms with Crippen molar-refractivity contribution < 1.29 is 19.1 Å². The average Bonchev–Trinajstić information content (AvgIpc) is 2.42. The molecule has 1 rings (SSSR count).